The first-order chi connectivity index (χ1) is 9.84. The Balaban J connectivity index is 1.64. The summed E-state index contributed by atoms with van der Waals surface area (Å²) in [6.07, 6.45) is 9.58. The Labute approximate surface area is 122 Å². The summed E-state index contributed by atoms with van der Waals surface area (Å²) < 4.78 is 0. The van der Waals surface area contributed by atoms with Gasteiger partial charge >= 0.3 is 0 Å². The Hall–Kier alpha value is -1.31. The summed E-state index contributed by atoms with van der Waals surface area (Å²) >= 11 is 0. The SMILES string of the molecule is O=C(CC1CCCCC1)N1CCCC1c1ccccc1. The van der Waals surface area contributed by atoms with Crippen molar-refractivity contribution >= 4 is 5.91 Å². The molecule has 3 rings (SSSR count). The van der Waals surface area contributed by atoms with Gasteiger partial charge in [0, 0.05) is 13.0 Å². The predicted molar refractivity (Wildman–Crippen MR) is 81.3 cm³/mol. The van der Waals surface area contributed by atoms with Crippen molar-refractivity contribution in [3.05, 3.63) is 35.9 Å². The lowest BCUT2D eigenvalue weighted by atomic mass is 9.86. The largest absolute Gasteiger partial charge is 0.336 e. The zero-order valence-corrected chi connectivity index (χ0v) is 12.3. The lowest BCUT2D eigenvalue weighted by Gasteiger charge is -2.28. The zero-order valence-electron chi connectivity index (χ0n) is 12.3. The van der Waals surface area contributed by atoms with Gasteiger partial charge in [0.25, 0.3) is 0 Å². The number of carbonyl (C=O) groups is 1. The molecule has 1 aliphatic carbocycles. The molecule has 1 aromatic rings. The van der Waals surface area contributed by atoms with Crippen LogP contribution in [0.3, 0.4) is 0 Å². The molecular formula is C18H25NO. The lowest BCUT2D eigenvalue weighted by molar-refractivity contribution is -0.133. The molecule has 1 unspecified atom stereocenters. The van der Waals surface area contributed by atoms with Crippen molar-refractivity contribution in [1.29, 1.82) is 0 Å². The van der Waals surface area contributed by atoms with Crippen molar-refractivity contribution < 1.29 is 4.79 Å². The zero-order chi connectivity index (χ0) is 13.8. The summed E-state index contributed by atoms with van der Waals surface area (Å²) in [4.78, 5) is 14.8. The van der Waals surface area contributed by atoms with Crippen LogP contribution < -0.4 is 0 Å². The summed E-state index contributed by atoms with van der Waals surface area (Å²) in [5.74, 6) is 1.04. The summed E-state index contributed by atoms with van der Waals surface area (Å²) in [6.45, 7) is 0.950. The van der Waals surface area contributed by atoms with E-state index in [1.165, 1.54) is 37.7 Å². The highest BCUT2D eigenvalue weighted by Gasteiger charge is 2.31. The molecule has 1 atom stereocenters. The molecule has 2 aliphatic rings. The first-order valence-corrected chi connectivity index (χ1v) is 8.19. The Kier molecular flexibility index (Phi) is 4.39. The van der Waals surface area contributed by atoms with E-state index in [1.807, 2.05) is 6.07 Å². The topological polar surface area (TPSA) is 20.3 Å². The van der Waals surface area contributed by atoms with Crippen LogP contribution in [0.1, 0.15) is 63.0 Å². The van der Waals surface area contributed by atoms with Crippen LogP contribution in [0.4, 0.5) is 0 Å². The highest BCUT2D eigenvalue weighted by Crippen LogP contribution is 2.34. The van der Waals surface area contributed by atoms with Crippen LogP contribution in [0.15, 0.2) is 30.3 Å². The van der Waals surface area contributed by atoms with Gasteiger partial charge in [-0.3, -0.25) is 4.79 Å². The van der Waals surface area contributed by atoms with E-state index in [-0.39, 0.29) is 0 Å². The Morgan fingerprint density at radius 1 is 1.00 bits per heavy atom. The van der Waals surface area contributed by atoms with Gasteiger partial charge in [-0.25, -0.2) is 0 Å². The second-order valence-corrected chi connectivity index (χ2v) is 6.36. The van der Waals surface area contributed by atoms with Crippen LogP contribution in [0.5, 0.6) is 0 Å². The minimum absolute atomic E-state index is 0.326. The third-order valence-corrected chi connectivity index (χ3v) is 4.95. The standard InChI is InChI=1S/C18H25NO/c20-18(14-15-8-3-1-4-9-15)19-13-7-12-17(19)16-10-5-2-6-11-16/h2,5-6,10-11,15,17H,1,3-4,7-9,12-14H2. The van der Waals surface area contributed by atoms with Gasteiger partial charge < -0.3 is 4.90 Å². The van der Waals surface area contributed by atoms with Crippen molar-refractivity contribution in [2.75, 3.05) is 6.54 Å². The quantitative estimate of drug-likeness (QED) is 0.801. The van der Waals surface area contributed by atoms with Gasteiger partial charge in [0.1, 0.15) is 0 Å². The molecule has 0 radical (unpaired) electrons. The monoisotopic (exact) mass is 271 g/mol. The fraction of sp³-hybridized carbons (Fsp3) is 0.611. The van der Waals surface area contributed by atoms with Crippen LogP contribution >= 0.6 is 0 Å². The minimum Gasteiger partial charge on any atom is -0.336 e. The molecule has 2 nitrogen and oxygen atoms in total. The molecule has 0 N–H and O–H groups in total. The Bertz CT molecular complexity index is 436. The maximum atomic E-state index is 12.6. The molecule has 1 aromatic carbocycles. The van der Waals surface area contributed by atoms with Gasteiger partial charge in [-0.1, -0.05) is 49.6 Å². The van der Waals surface area contributed by atoms with Crippen molar-refractivity contribution in [2.24, 2.45) is 5.92 Å². The summed E-state index contributed by atoms with van der Waals surface area (Å²) in [5.41, 5.74) is 1.31. The third-order valence-electron chi connectivity index (χ3n) is 4.95. The molecule has 1 heterocycles. The summed E-state index contributed by atoms with van der Waals surface area (Å²) in [5, 5.41) is 0. The molecule has 0 spiro atoms. The van der Waals surface area contributed by atoms with E-state index in [9.17, 15) is 4.79 Å². The van der Waals surface area contributed by atoms with E-state index in [2.05, 4.69) is 29.2 Å². The minimum atomic E-state index is 0.326. The second-order valence-electron chi connectivity index (χ2n) is 6.36. The lowest BCUT2D eigenvalue weighted by Crippen LogP contribution is -2.32. The van der Waals surface area contributed by atoms with Crippen LogP contribution in [0.2, 0.25) is 0 Å². The average molecular weight is 271 g/mol. The van der Waals surface area contributed by atoms with Crippen molar-refractivity contribution in [3.8, 4) is 0 Å². The molecule has 108 valence electrons. The molecular weight excluding hydrogens is 246 g/mol. The molecule has 0 bridgehead atoms. The van der Waals surface area contributed by atoms with Gasteiger partial charge in [0.2, 0.25) is 5.91 Å². The molecule has 0 aromatic heterocycles. The number of rotatable bonds is 3. The van der Waals surface area contributed by atoms with Gasteiger partial charge in [0.15, 0.2) is 0 Å². The van der Waals surface area contributed by atoms with Crippen LogP contribution in [-0.2, 0) is 4.79 Å². The Morgan fingerprint density at radius 3 is 2.50 bits per heavy atom. The van der Waals surface area contributed by atoms with Gasteiger partial charge in [-0.15, -0.1) is 0 Å². The maximum absolute atomic E-state index is 12.6. The Morgan fingerprint density at radius 2 is 1.75 bits per heavy atom. The fourth-order valence-electron chi connectivity index (χ4n) is 3.84. The maximum Gasteiger partial charge on any atom is 0.223 e. The molecule has 1 aliphatic heterocycles. The number of benzene rings is 1. The van der Waals surface area contributed by atoms with Gasteiger partial charge in [0.05, 0.1) is 6.04 Å². The van der Waals surface area contributed by atoms with E-state index in [0.717, 1.165) is 25.8 Å². The van der Waals surface area contributed by atoms with Crippen molar-refractivity contribution in [3.63, 3.8) is 0 Å². The summed E-state index contributed by atoms with van der Waals surface area (Å²) in [6, 6.07) is 10.9. The number of amides is 1. The molecule has 1 saturated heterocycles. The van der Waals surface area contributed by atoms with Crippen LogP contribution in [-0.4, -0.2) is 17.4 Å². The predicted octanol–water partition coefficient (Wildman–Crippen LogP) is 4.32. The summed E-state index contributed by atoms with van der Waals surface area (Å²) in [7, 11) is 0. The number of carbonyl (C=O) groups excluding carboxylic acids is 1. The average Bonchev–Trinajstić information content (AvgIpc) is 2.99. The molecule has 2 fully saturated rings. The number of nitrogens with zero attached hydrogens (tertiary/aromatic N) is 1. The first kappa shape index (κ1) is 13.7. The van der Waals surface area contributed by atoms with E-state index >= 15 is 0 Å². The number of likely N-dealkylation sites (tertiary alicyclic amines) is 1. The normalized spacial score (nSPS) is 24.0. The van der Waals surface area contributed by atoms with Crippen molar-refractivity contribution in [2.45, 2.75) is 57.4 Å². The highest BCUT2D eigenvalue weighted by molar-refractivity contribution is 5.77. The first-order valence-electron chi connectivity index (χ1n) is 8.19. The van der Waals surface area contributed by atoms with Gasteiger partial charge in [-0.05, 0) is 37.2 Å². The molecule has 20 heavy (non-hydrogen) atoms. The second kappa shape index (κ2) is 6.43. The smallest absolute Gasteiger partial charge is 0.223 e. The number of hydrogen-bond donors (Lipinski definition) is 0. The molecule has 1 amide bonds. The fourth-order valence-corrected chi connectivity index (χ4v) is 3.84. The van der Waals surface area contributed by atoms with Crippen LogP contribution in [0.25, 0.3) is 0 Å². The molecule has 2 heteroatoms. The van der Waals surface area contributed by atoms with Gasteiger partial charge in [-0.2, -0.15) is 0 Å². The van der Waals surface area contributed by atoms with E-state index in [0.29, 0.717) is 17.9 Å². The van der Waals surface area contributed by atoms with Crippen LogP contribution in [0, 0.1) is 5.92 Å². The van der Waals surface area contributed by atoms with E-state index in [4.69, 9.17) is 0 Å². The van der Waals surface area contributed by atoms with E-state index in [1.54, 1.807) is 0 Å². The molecule has 1 saturated carbocycles. The van der Waals surface area contributed by atoms with Crippen molar-refractivity contribution in [1.82, 2.24) is 4.90 Å². The van der Waals surface area contributed by atoms with E-state index < -0.39 is 0 Å². The third kappa shape index (κ3) is 3.05. The highest BCUT2D eigenvalue weighted by atomic mass is 16.2. The number of hydrogen-bond acceptors (Lipinski definition) is 1.